The van der Waals surface area contributed by atoms with E-state index < -0.39 is 30.7 Å². The van der Waals surface area contributed by atoms with Crippen molar-refractivity contribution in [3.63, 3.8) is 0 Å². The molecule has 0 unspecified atom stereocenters. The van der Waals surface area contributed by atoms with Crippen molar-refractivity contribution in [2.45, 2.75) is 6.04 Å². The average Bonchev–Trinajstić information content (AvgIpc) is 2.36. The summed E-state index contributed by atoms with van der Waals surface area (Å²) < 4.78 is 16.5. The maximum absolute atomic E-state index is 12.2. The molecule has 0 fully saturated rings. The van der Waals surface area contributed by atoms with Gasteiger partial charge in [0.2, 0.25) is 0 Å². The molecule has 6 nitrogen and oxygen atoms in total. The Bertz CT molecular complexity index is 448. The largest absolute Gasteiger partial charge is 0.480 e. The standard InChI is InChI=1S/C11H10FNO5/c12-6-8(9(14)15)13-11(17)18-10(16)7-4-2-1-3-5-7/h1-5,8H,6H2,(H,13,17)(H,14,15)/t8-/m0/s1. The van der Waals surface area contributed by atoms with Crippen molar-refractivity contribution in [1.82, 2.24) is 5.32 Å². The number of hydrogen-bond donors (Lipinski definition) is 2. The zero-order chi connectivity index (χ0) is 13.5. The number of aliphatic carboxylic acids is 1. The lowest BCUT2D eigenvalue weighted by atomic mass is 10.2. The molecule has 0 saturated carbocycles. The van der Waals surface area contributed by atoms with Gasteiger partial charge >= 0.3 is 18.0 Å². The zero-order valence-corrected chi connectivity index (χ0v) is 9.13. The number of nitrogens with one attached hydrogen (secondary N) is 1. The van der Waals surface area contributed by atoms with Crippen LogP contribution >= 0.6 is 0 Å². The third-order valence-corrected chi connectivity index (χ3v) is 1.94. The Balaban J connectivity index is 2.55. The predicted octanol–water partition coefficient (Wildman–Crippen LogP) is 0.976. The first-order valence-electron chi connectivity index (χ1n) is 4.91. The number of carboxylic acid groups (broad SMARTS) is 1. The third kappa shape index (κ3) is 3.85. The maximum atomic E-state index is 12.2. The molecule has 0 spiro atoms. The third-order valence-electron chi connectivity index (χ3n) is 1.94. The average molecular weight is 255 g/mol. The molecule has 1 atom stereocenters. The number of halogens is 1. The van der Waals surface area contributed by atoms with E-state index in [9.17, 15) is 18.8 Å². The second-order valence-electron chi connectivity index (χ2n) is 3.23. The fourth-order valence-corrected chi connectivity index (χ4v) is 1.06. The molecular weight excluding hydrogens is 245 g/mol. The van der Waals surface area contributed by atoms with Crippen molar-refractivity contribution in [3.8, 4) is 0 Å². The summed E-state index contributed by atoms with van der Waals surface area (Å²) in [5.41, 5.74) is 0.125. The molecule has 0 aliphatic carbocycles. The van der Waals surface area contributed by atoms with Crippen molar-refractivity contribution in [3.05, 3.63) is 35.9 Å². The van der Waals surface area contributed by atoms with Gasteiger partial charge in [0.15, 0.2) is 6.04 Å². The molecule has 2 N–H and O–H groups in total. The molecule has 0 radical (unpaired) electrons. The van der Waals surface area contributed by atoms with Crippen molar-refractivity contribution in [2.75, 3.05) is 6.67 Å². The fourth-order valence-electron chi connectivity index (χ4n) is 1.06. The molecule has 0 bridgehead atoms. The predicted molar refractivity (Wildman–Crippen MR) is 57.8 cm³/mol. The van der Waals surface area contributed by atoms with Gasteiger partial charge in [-0.3, -0.25) is 0 Å². The summed E-state index contributed by atoms with van der Waals surface area (Å²) in [6.45, 7) is -1.30. The number of rotatable bonds is 4. The number of alkyl carbamates (subject to hydrolysis) is 1. The van der Waals surface area contributed by atoms with Crippen LogP contribution in [0.1, 0.15) is 10.4 Å². The van der Waals surface area contributed by atoms with Gasteiger partial charge in [-0.25, -0.2) is 18.8 Å². The number of ether oxygens (including phenoxy) is 1. The lowest BCUT2D eigenvalue weighted by Gasteiger charge is -2.09. The van der Waals surface area contributed by atoms with Crippen LogP contribution in [0.3, 0.4) is 0 Å². The fraction of sp³-hybridized carbons (Fsp3) is 0.182. The van der Waals surface area contributed by atoms with Gasteiger partial charge in [-0.05, 0) is 12.1 Å². The van der Waals surface area contributed by atoms with E-state index in [-0.39, 0.29) is 5.56 Å². The molecule has 1 amide bonds. The monoisotopic (exact) mass is 255 g/mol. The molecule has 0 aliphatic heterocycles. The van der Waals surface area contributed by atoms with Gasteiger partial charge < -0.3 is 15.2 Å². The molecule has 7 heteroatoms. The van der Waals surface area contributed by atoms with Crippen molar-refractivity contribution in [2.24, 2.45) is 0 Å². The Morgan fingerprint density at radius 2 is 1.89 bits per heavy atom. The minimum absolute atomic E-state index is 0.125. The Labute approximate surface area is 101 Å². The second-order valence-corrected chi connectivity index (χ2v) is 3.23. The summed E-state index contributed by atoms with van der Waals surface area (Å²) in [6, 6.07) is 5.90. The number of amides is 1. The van der Waals surface area contributed by atoms with E-state index in [1.165, 1.54) is 12.1 Å². The first-order valence-corrected chi connectivity index (χ1v) is 4.91. The lowest BCUT2D eigenvalue weighted by molar-refractivity contribution is -0.139. The highest BCUT2D eigenvalue weighted by Crippen LogP contribution is 2.01. The second kappa shape index (κ2) is 6.33. The van der Waals surface area contributed by atoms with E-state index in [0.29, 0.717) is 0 Å². The van der Waals surface area contributed by atoms with Crippen LogP contribution in [0.25, 0.3) is 0 Å². The van der Waals surface area contributed by atoms with Gasteiger partial charge in [0.25, 0.3) is 0 Å². The number of carbonyl (C=O) groups excluding carboxylic acids is 2. The summed E-state index contributed by atoms with van der Waals surface area (Å²) in [6.07, 6.45) is -1.31. The highest BCUT2D eigenvalue weighted by Gasteiger charge is 2.22. The number of carbonyl (C=O) groups is 3. The van der Waals surface area contributed by atoms with Crippen LogP contribution in [-0.4, -0.2) is 35.9 Å². The SMILES string of the molecule is O=C(N[C@@H](CF)C(=O)O)OC(=O)c1ccccc1. The molecule has 1 rings (SSSR count). The Morgan fingerprint density at radius 3 is 2.39 bits per heavy atom. The highest BCUT2D eigenvalue weighted by atomic mass is 19.1. The molecular formula is C11H10FNO5. The topological polar surface area (TPSA) is 92.7 Å². The van der Waals surface area contributed by atoms with Gasteiger partial charge in [-0.2, -0.15) is 0 Å². The van der Waals surface area contributed by atoms with Crippen LogP contribution in [0.2, 0.25) is 0 Å². The van der Waals surface area contributed by atoms with Crippen molar-refractivity contribution in [1.29, 1.82) is 0 Å². The Kier molecular flexibility index (Phi) is 4.79. The first-order chi connectivity index (χ1) is 8.54. The zero-order valence-electron chi connectivity index (χ0n) is 9.13. The first kappa shape index (κ1) is 13.6. The van der Waals surface area contributed by atoms with E-state index in [2.05, 4.69) is 4.74 Å². The molecule has 0 heterocycles. The summed E-state index contributed by atoms with van der Waals surface area (Å²) in [4.78, 5) is 32.9. The van der Waals surface area contributed by atoms with Crippen LogP contribution < -0.4 is 5.32 Å². The molecule has 0 aliphatic rings. The molecule has 1 aromatic carbocycles. The van der Waals surface area contributed by atoms with Crippen molar-refractivity contribution >= 4 is 18.0 Å². The number of esters is 1. The van der Waals surface area contributed by atoms with Gasteiger partial charge in [0.1, 0.15) is 6.67 Å². The van der Waals surface area contributed by atoms with Gasteiger partial charge in [-0.15, -0.1) is 0 Å². The number of carboxylic acids is 1. The summed E-state index contributed by atoms with van der Waals surface area (Å²) >= 11 is 0. The van der Waals surface area contributed by atoms with Crippen LogP contribution in [0, 0.1) is 0 Å². The van der Waals surface area contributed by atoms with Gasteiger partial charge in [0.05, 0.1) is 5.56 Å². The van der Waals surface area contributed by atoms with Gasteiger partial charge in [-0.1, -0.05) is 18.2 Å². The molecule has 18 heavy (non-hydrogen) atoms. The lowest BCUT2D eigenvalue weighted by Crippen LogP contribution is -2.43. The van der Waals surface area contributed by atoms with Crippen LogP contribution in [0.15, 0.2) is 30.3 Å². The van der Waals surface area contributed by atoms with E-state index in [1.807, 2.05) is 0 Å². The van der Waals surface area contributed by atoms with E-state index >= 15 is 0 Å². The number of hydrogen-bond acceptors (Lipinski definition) is 4. The summed E-state index contributed by atoms with van der Waals surface area (Å²) in [5.74, 6) is -2.50. The summed E-state index contributed by atoms with van der Waals surface area (Å²) in [7, 11) is 0. The Morgan fingerprint density at radius 1 is 1.28 bits per heavy atom. The number of alkyl halides is 1. The molecule has 1 aromatic rings. The van der Waals surface area contributed by atoms with E-state index in [4.69, 9.17) is 5.11 Å². The smallest absolute Gasteiger partial charge is 0.415 e. The highest BCUT2D eigenvalue weighted by molar-refractivity contribution is 5.97. The van der Waals surface area contributed by atoms with E-state index in [0.717, 1.165) is 0 Å². The Hall–Kier alpha value is -2.44. The van der Waals surface area contributed by atoms with Crippen molar-refractivity contribution < 1.29 is 28.6 Å². The van der Waals surface area contributed by atoms with E-state index in [1.54, 1.807) is 23.5 Å². The quantitative estimate of drug-likeness (QED) is 0.617. The van der Waals surface area contributed by atoms with Gasteiger partial charge in [0, 0.05) is 0 Å². The molecule has 96 valence electrons. The molecule has 0 saturated heterocycles. The minimum atomic E-state index is -1.74. The summed E-state index contributed by atoms with van der Waals surface area (Å²) in [5, 5.41) is 10.2. The van der Waals surface area contributed by atoms with Crippen LogP contribution in [-0.2, 0) is 9.53 Å². The maximum Gasteiger partial charge on any atom is 0.415 e. The minimum Gasteiger partial charge on any atom is -0.480 e. The number of benzene rings is 1. The van der Waals surface area contributed by atoms with Crippen LogP contribution in [0.5, 0.6) is 0 Å². The van der Waals surface area contributed by atoms with Crippen LogP contribution in [0.4, 0.5) is 9.18 Å². The molecule has 0 aromatic heterocycles. The normalized spacial score (nSPS) is 11.4.